The van der Waals surface area contributed by atoms with Crippen LogP contribution in [0.3, 0.4) is 0 Å². The second-order valence-corrected chi connectivity index (χ2v) is 6.50. The van der Waals surface area contributed by atoms with Gasteiger partial charge in [-0.3, -0.25) is 0 Å². The van der Waals surface area contributed by atoms with Gasteiger partial charge < -0.3 is 10.1 Å². The van der Waals surface area contributed by atoms with Crippen LogP contribution in [0.5, 0.6) is 0 Å². The highest BCUT2D eigenvalue weighted by molar-refractivity contribution is 9.10. The molecule has 1 aromatic heterocycles. The molecule has 0 atom stereocenters. The van der Waals surface area contributed by atoms with Crippen molar-refractivity contribution in [2.24, 2.45) is 5.92 Å². The molecule has 1 heterocycles. The van der Waals surface area contributed by atoms with Crippen LogP contribution in [0.4, 0.5) is 5.82 Å². The van der Waals surface area contributed by atoms with E-state index in [0.717, 1.165) is 47.1 Å². The average molecular weight is 342 g/mol. The lowest BCUT2D eigenvalue weighted by Gasteiger charge is -2.37. The number of nitrogens with zero attached hydrogens (tertiary/aromatic N) is 2. The summed E-state index contributed by atoms with van der Waals surface area (Å²) in [6.07, 6.45) is 4.33. The zero-order valence-electron chi connectivity index (χ0n) is 12.8. The van der Waals surface area contributed by atoms with Gasteiger partial charge in [-0.15, -0.1) is 0 Å². The van der Waals surface area contributed by atoms with E-state index in [1.54, 1.807) is 7.11 Å². The zero-order chi connectivity index (χ0) is 14.8. The molecular weight excluding hydrogens is 318 g/mol. The van der Waals surface area contributed by atoms with Gasteiger partial charge in [0, 0.05) is 13.7 Å². The number of rotatable bonds is 4. The first-order valence-electron chi connectivity index (χ1n) is 7.36. The van der Waals surface area contributed by atoms with Gasteiger partial charge in [0.1, 0.15) is 11.4 Å². The Kier molecular flexibility index (Phi) is 5.02. The van der Waals surface area contributed by atoms with Crippen LogP contribution in [0.25, 0.3) is 0 Å². The number of nitrogens with one attached hydrogen (secondary N) is 1. The molecule has 112 valence electrons. The Morgan fingerprint density at radius 2 is 2.00 bits per heavy atom. The maximum atomic E-state index is 5.87. The maximum Gasteiger partial charge on any atom is 0.162 e. The highest BCUT2D eigenvalue weighted by atomic mass is 79.9. The number of hydrogen-bond acceptors (Lipinski definition) is 4. The summed E-state index contributed by atoms with van der Waals surface area (Å²) in [4.78, 5) is 9.40. The molecule has 1 aliphatic carbocycles. The topological polar surface area (TPSA) is 47.0 Å². The first kappa shape index (κ1) is 15.7. The van der Waals surface area contributed by atoms with Crippen LogP contribution in [0.1, 0.15) is 51.0 Å². The highest BCUT2D eigenvalue weighted by Gasteiger charge is 2.39. The van der Waals surface area contributed by atoms with Gasteiger partial charge in [0.05, 0.1) is 10.2 Å². The molecule has 0 amide bonds. The van der Waals surface area contributed by atoms with Crippen LogP contribution >= 0.6 is 15.9 Å². The molecule has 0 spiro atoms. The van der Waals surface area contributed by atoms with Gasteiger partial charge in [-0.25, -0.2) is 9.97 Å². The monoisotopic (exact) mass is 341 g/mol. The van der Waals surface area contributed by atoms with E-state index in [0.29, 0.717) is 0 Å². The van der Waals surface area contributed by atoms with E-state index in [1.807, 2.05) is 6.92 Å². The molecule has 2 rings (SSSR count). The second kappa shape index (κ2) is 6.39. The predicted molar refractivity (Wildman–Crippen MR) is 85.0 cm³/mol. The number of hydrogen-bond donors (Lipinski definition) is 1. The van der Waals surface area contributed by atoms with Crippen molar-refractivity contribution in [3.8, 4) is 0 Å². The molecule has 0 saturated heterocycles. The summed E-state index contributed by atoms with van der Waals surface area (Å²) in [5, 5.41) is 3.29. The van der Waals surface area contributed by atoms with E-state index in [1.165, 1.54) is 12.8 Å². The Balaban J connectivity index is 2.39. The van der Waals surface area contributed by atoms with E-state index >= 15 is 0 Å². The molecule has 0 aliphatic heterocycles. The third-order valence-corrected chi connectivity index (χ3v) is 5.19. The van der Waals surface area contributed by atoms with Crippen molar-refractivity contribution >= 4 is 21.7 Å². The predicted octanol–water partition coefficient (Wildman–Crippen LogP) is 4.03. The minimum absolute atomic E-state index is 0.317. The fourth-order valence-electron chi connectivity index (χ4n) is 2.80. The molecule has 1 aromatic rings. The van der Waals surface area contributed by atoms with Gasteiger partial charge in [0.15, 0.2) is 5.82 Å². The van der Waals surface area contributed by atoms with Crippen molar-refractivity contribution in [3.63, 3.8) is 0 Å². The number of ether oxygens (including phenoxy) is 1. The van der Waals surface area contributed by atoms with Crippen molar-refractivity contribution in [2.45, 2.75) is 52.1 Å². The van der Waals surface area contributed by atoms with Crippen LogP contribution in [-0.4, -0.2) is 23.6 Å². The summed E-state index contributed by atoms with van der Waals surface area (Å²) in [5.74, 6) is 2.46. The fourth-order valence-corrected chi connectivity index (χ4v) is 3.11. The molecule has 20 heavy (non-hydrogen) atoms. The van der Waals surface area contributed by atoms with Crippen LogP contribution in [0.2, 0.25) is 0 Å². The van der Waals surface area contributed by atoms with Gasteiger partial charge in [0.25, 0.3) is 0 Å². The molecule has 1 N–H and O–H groups in total. The van der Waals surface area contributed by atoms with Gasteiger partial charge in [-0.1, -0.05) is 6.92 Å². The highest BCUT2D eigenvalue weighted by Crippen LogP contribution is 2.41. The molecule has 5 heteroatoms. The number of aromatic nitrogens is 2. The number of methoxy groups -OCH3 is 1. The molecule has 0 bridgehead atoms. The zero-order valence-corrected chi connectivity index (χ0v) is 14.4. The van der Waals surface area contributed by atoms with Gasteiger partial charge in [-0.05, 0) is 61.4 Å². The van der Waals surface area contributed by atoms with Crippen LogP contribution in [0.15, 0.2) is 4.47 Å². The molecule has 4 nitrogen and oxygen atoms in total. The first-order chi connectivity index (χ1) is 9.52. The Labute approximate surface area is 129 Å². The quantitative estimate of drug-likeness (QED) is 0.897. The molecule has 0 aromatic carbocycles. The minimum Gasteiger partial charge on any atom is -0.370 e. The third-order valence-electron chi connectivity index (χ3n) is 4.24. The maximum absolute atomic E-state index is 5.87. The van der Waals surface area contributed by atoms with Gasteiger partial charge in [0.2, 0.25) is 0 Å². The summed E-state index contributed by atoms with van der Waals surface area (Å²) >= 11 is 3.56. The summed E-state index contributed by atoms with van der Waals surface area (Å²) in [7, 11) is 1.78. The van der Waals surface area contributed by atoms with Crippen molar-refractivity contribution in [1.29, 1.82) is 0 Å². The Bertz CT molecular complexity index is 470. The van der Waals surface area contributed by atoms with Crippen molar-refractivity contribution in [2.75, 3.05) is 19.0 Å². The second-order valence-electron chi connectivity index (χ2n) is 5.71. The number of halogens is 1. The largest absolute Gasteiger partial charge is 0.370 e. The molecule has 1 aliphatic rings. The lowest BCUT2D eigenvalue weighted by atomic mass is 9.79. The molecule has 0 radical (unpaired) electrons. The van der Waals surface area contributed by atoms with Crippen molar-refractivity contribution in [1.82, 2.24) is 9.97 Å². The van der Waals surface area contributed by atoms with E-state index < -0.39 is 0 Å². The Morgan fingerprint density at radius 3 is 2.55 bits per heavy atom. The summed E-state index contributed by atoms with van der Waals surface area (Å²) < 4.78 is 6.82. The first-order valence-corrected chi connectivity index (χ1v) is 8.15. The lowest BCUT2D eigenvalue weighted by molar-refractivity contribution is -0.0597. The van der Waals surface area contributed by atoms with E-state index in [4.69, 9.17) is 9.72 Å². The minimum atomic E-state index is -0.317. The van der Waals surface area contributed by atoms with E-state index in [2.05, 4.69) is 40.1 Å². The standard InChI is InChI=1S/C15H24BrN3O/c1-5-17-13-12(16)11(3)18-14(19-13)15(20-4)8-6-10(2)7-9-15/h10H,5-9H2,1-4H3,(H,17,18,19). The average Bonchev–Trinajstić information content (AvgIpc) is 2.45. The number of aryl methyl sites for hydroxylation is 1. The fraction of sp³-hybridized carbons (Fsp3) is 0.733. The van der Waals surface area contributed by atoms with Crippen molar-refractivity contribution in [3.05, 3.63) is 16.0 Å². The van der Waals surface area contributed by atoms with Crippen LogP contribution in [0, 0.1) is 12.8 Å². The smallest absolute Gasteiger partial charge is 0.162 e. The molecular formula is C15H24BrN3O. The molecule has 0 unspecified atom stereocenters. The lowest BCUT2D eigenvalue weighted by Crippen LogP contribution is -2.35. The molecule has 1 fully saturated rings. The Morgan fingerprint density at radius 1 is 1.35 bits per heavy atom. The SMILES string of the molecule is CCNc1nc(C2(OC)CCC(C)CC2)nc(C)c1Br. The summed E-state index contributed by atoms with van der Waals surface area (Å²) in [6.45, 7) is 7.21. The molecule has 1 saturated carbocycles. The normalized spacial score (nSPS) is 26.6. The number of anilines is 1. The third kappa shape index (κ3) is 2.98. The van der Waals surface area contributed by atoms with E-state index in [9.17, 15) is 0 Å². The summed E-state index contributed by atoms with van der Waals surface area (Å²) in [6, 6.07) is 0. The van der Waals surface area contributed by atoms with Crippen LogP contribution < -0.4 is 5.32 Å². The van der Waals surface area contributed by atoms with Gasteiger partial charge in [-0.2, -0.15) is 0 Å². The van der Waals surface area contributed by atoms with Crippen LogP contribution in [-0.2, 0) is 10.3 Å². The van der Waals surface area contributed by atoms with E-state index in [-0.39, 0.29) is 5.60 Å². The summed E-state index contributed by atoms with van der Waals surface area (Å²) in [5.41, 5.74) is 0.642. The van der Waals surface area contributed by atoms with Gasteiger partial charge >= 0.3 is 0 Å². The van der Waals surface area contributed by atoms with Crippen molar-refractivity contribution < 1.29 is 4.74 Å². The Hall–Kier alpha value is -0.680.